The molecule has 10 aromatic carbocycles. The Bertz CT molecular complexity index is 3330. The Balaban J connectivity index is 1.03. The molecule has 300 valence electrons. The summed E-state index contributed by atoms with van der Waals surface area (Å²) < 4.78 is 14.4. The molecule has 0 unspecified atom stereocenters. The Labute approximate surface area is 372 Å². The van der Waals surface area contributed by atoms with Crippen molar-refractivity contribution in [1.29, 1.82) is 0 Å². The average Bonchev–Trinajstić information content (AvgIpc) is 3.85. The quantitative estimate of drug-likeness (QED) is 0.167. The van der Waals surface area contributed by atoms with E-state index >= 15 is 0 Å². The fraction of sp³-hybridized carbons (Fsp3) is 0.0164. The van der Waals surface area contributed by atoms with E-state index in [1.807, 2.05) is 6.07 Å². The van der Waals surface area contributed by atoms with E-state index < -0.39 is 5.41 Å². The molecule has 10 aromatic rings. The maximum absolute atomic E-state index is 7.47. The predicted octanol–water partition coefficient (Wildman–Crippen LogP) is 16.4. The number of ether oxygens (including phenoxy) is 2. The van der Waals surface area contributed by atoms with Crippen molar-refractivity contribution in [3.63, 3.8) is 0 Å². The number of hydrogen-bond donors (Lipinski definition) is 0. The topological polar surface area (TPSA) is 21.7 Å². The minimum absolute atomic E-state index is 0.504. The van der Waals surface area contributed by atoms with Crippen molar-refractivity contribution in [2.24, 2.45) is 0 Å². The van der Waals surface area contributed by atoms with Crippen LogP contribution in [0, 0.1) is 0 Å². The van der Waals surface area contributed by atoms with E-state index in [1.165, 1.54) is 38.9 Å². The van der Waals surface area contributed by atoms with Gasteiger partial charge in [0.25, 0.3) is 0 Å². The van der Waals surface area contributed by atoms with Gasteiger partial charge in [0.05, 0.1) is 11.1 Å². The molecule has 64 heavy (non-hydrogen) atoms. The van der Waals surface area contributed by atoms with Crippen molar-refractivity contribution < 1.29 is 9.47 Å². The van der Waals surface area contributed by atoms with Gasteiger partial charge in [0.2, 0.25) is 0 Å². The Kier molecular flexibility index (Phi) is 8.13. The SMILES string of the molecule is c1ccc(-c2ccc(N(c3cc(-c4ccccc4)cc(-c4ccccc4)c3)c3cccc4c3Oc3c(ccc5c3-c3ccccc3C53c5ccccc5-c5ccccc53)O4)cc2)cc1. The first kappa shape index (κ1) is 36.3. The molecule has 0 aromatic heterocycles. The van der Waals surface area contributed by atoms with Gasteiger partial charge in [-0.05, 0) is 121 Å². The fourth-order valence-electron chi connectivity index (χ4n) is 10.6. The lowest BCUT2D eigenvalue weighted by atomic mass is 9.70. The number of fused-ring (bicyclic) bond motifs is 13. The number of benzene rings is 10. The molecule has 0 amide bonds. The largest absolute Gasteiger partial charge is 0.449 e. The third kappa shape index (κ3) is 5.41. The van der Waals surface area contributed by atoms with Gasteiger partial charge < -0.3 is 14.4 Å². The molecule has 0 fully saturated rings. The predicted molar refractivity (Wildman–Crippen MR) is 260 cm³/mol. The second kappa shape index (κ2) is 14.3. The summed E-state index contributed by atoms with van der Waals surface area (Å²) in [5, 5.41) is 0. The highest BCUT2D eigenvalue weighted by molar-refractivity contribution is 5.98. The lowest BCUT2D eigenvalue weighted by Gasteiger charge is -2.32. The molecule has 0 radical (unpaired) electrons. The van der Waals surface area contributed by atoms with Gasteiger partial charge in [-0.25, -0.2) is 0 Å². The summed E-state index contributed by atoms with van der Waals surface area (Å²) in [5.74, 6) is 2.75. The molecule has 1 heterocycles. The highest BCUT2D eigenvalue weighted by Gasteiger charge is 2.53. The van der Waals surface area contributed by atoms with Gasteiger partial charge in [-0.3, -0.25) is 0 Å². The zero-order chi connectivity index (χ0) is 42.2. The van der Waals surface area contributed by atoms with Crippen LogP contribution in [0.4, 0.5) is 17.1 Å². The van der Waals surface area contributed by atoms with Crippen LogP contribution in [0.3, 0.4) is 0 Å². The Morgan fingerprint density at radius 2 is 0.781 bits per heavy atom. The van der Waals surface area contributed by atoms with Crippen LogP contribution in [0.2, 0.25) is 0 Å². The molecule has 1 aliphatic heterocycles. The molecular weight excluding hydrogens is 779 g/mol. The lowest BCUT2D eigenvalue weighted by molar-refractivity contribution is 0.361. The van der Waals surface area contributed by atoms with Gasteiger partial charge in [-0.2, -0.15) is 0 Å². The molecule has 3 aliphatic rings. The highest BCUT2D eigenvalue weighted by atomic mass is 16.6. The molecule has 0 bridgehead atoms. The number of rotatable bonds is 6. The van der Waals surface area contributed by atoms with Gasteiger partial charge in [0.15, 0.2) is 23.0 Å². The van der Waals surface area contributed by atoms with Crippen molar-refractivity contribution >= 4 is 17.1 Å². The minimum atomic E-state index is -0.504. The molecule has 0 atom stereocenters. The molecule has 3 nitrogen and oxygen atoms in total. The summed E-state index contributed by atoms with van der Waals surface area (Å²) >= 11 is 0. The molecule has 0 saturated carbocycles. The first-order valence-electron chi connectivity index (χ1n) is 21.9. The third-order valence-electron chi connectivity index (χ3n) is 13.3. The van der Waals surface area contributed by atoms with Crippen LogP contribution in [-0.2, 0) is 5.41 Å². The van der Waals surface area contributed by atoms with Crippen molar-refractivity contribution in [3.8, 4) is 78.6 Å². The average molecular weight is 818 g/mol. The molecule has 13 rings (SSSR count). The number of para-hydroxylation sites is 1. The maximum atomic E-state index is 7.47. The first-order valence-corrected chi connectivity index (χ1v) is 21.9. The monoisotopic (exact) mass is 817 g/mol. The maximum Gasteiger partial charge on any atom is 0.194 e. The van der Waals surface area contributed by atoms with Gasteiger partial charge >= 0.3 is 0 Å². The molecule has 0 saturated heterocycles. The Morgan fingerprint density at radius 3 is 1.38 bits per heavy atom. The molecule has 1 spiro atoms. The zero-order valence-electron chi connectivity index (χ0n) is 34.8. The van der Waals surface area contributed by atoms with E-state index in [1.54, 1.807) is 0 Å². The third-order valence-corrected chi connectivity index (χ3v) is 13.3. The van der Waals surface area contributed by atoms with Crippen LogP contribution in [0.5, 0.6) is 23.0 Å². The van der Waals surface area contributed by atoms with E-state index in [-0.39, 0.29) is 0 Å². The highest BCUT2D eigenvalue weighted by Crippen LogP contribution is 2.67. The normalized spacial score (nSPS) is 13.1. The molecule has 0 N–H and O–H groups in total. The van der Waals surface area contributed by atoms with E-state index in [4.69, 9.17) is 9.47 Å². The van der Waals surface area contributed by atoms with Crippen LogP contribution >= 0.6 is 0 Å². The van der Waals surface area contributed by atoms with Crippen molar-refractivity contribution in [2.75, 3.05) is 4.90 Å². The fourth-order valence-corrected chi connectivity index (χ4v) is 10.6. The summed E-state index contributed by atoms with van der Waals surface area (Å²) in [6.07, 6.45) is 0. The van der Waals surface area contributed by atoms with Crippen LogP contribution in [0.15, 0.2) is 237 Å². The lowest BCUT2D eigenvalue weighted by Crippen LogP contribution is -2.25. The van der Waals surface area contributed by atoms with E-state index in [0.717, 1.165) is 61.8 Å². The summed E-state index contributed by atoms with van der Waals surface area (Å²) in [6.45, 7) is 0. The molecule has 3 heteroatoms. The van der Waals surface area contributed by atoms with Gasteiger partial charge in [0, 0.05) is 16.9 Å². The van der Waals surface area contributed by atoms with E-state index in [9.17, 15) is 0 Å². The van der Waals surface area contributed by atoms with Crippen molar-refractivity contribution in [1.82, 2.24) is 0 Å². The first-order chi connectivity index (χ1) is 31.7. The van der Waals surface area contributed by atoms with Crippen LogP contribution in [-0.4, -0.2) is 0 Å². The van der Waals surface area contributed by atoms with E-state index in [2.05, 4.69) is 235 Å². The summed E-state index contributed by atoms with van der Waals surface area (Å²) in [5.41, 5.74) is 19.0. The number of hydrogen-bond acceptors (Lipinski definition) is 3. The van der Waals surface area contributed by atoms with Crippen molar-refractivity contribution in [2.45, 2.75) is 5.41 Å². The second-order valence-corrected chi connectivity index (χ2v) is 16.8. The number of anilines is 3. The van der Waals surface area contributed by atoms with E-state index in [0.29, 0.717) is 17.2 Å². The summed E-state index contributed by atoms with van der Waals surface area (Å²) in [4.78, 5) is 2.32. The Hall–Kier alpha value is -8.40. The molecular formula is C61H39NO2. The standard InChI is InChI=1S/C61H39NO2/c1-4-17-40(18-5-1)43-31-33-46(34-32-43)62(47-38-44(41-19-6-2-7-20-41)37-45(39-47)42-21-8-3-9-22-42)55-29-16-30-56-59(55)64-60-57(63-56)36-35-54-58(60)50-25-12-15-28-53(50)61(54)51-26-13-10-23-48(51)49-24-11-14-27-52(49)61/h1-39H. The Morgan fingerprint density at radius 1 is 0.297 bits per heavy atom. The number of nitrogens with zero attached hydrogens (tertiary/aromatic N) is 1. The zero-order valence-corrected chi connectivity index (χ0v) is 34.8. The van der Waals surface area contributed by atoms with Crippen LogP contribution in [0.1, 0.15) is 22.3 Å². The smallest absolute Gasteiger partial charge is 0.194 e. The van der Waals surface area contributed by atoms with Crippen LogP contribution in [0.25, 0.3) is 55.6 Å². The van der Waals surface area contributed by atoms with Crippen molar-refractivity contribution in [3.05, 3.63) is 259 Å². The van der Waals surface area contributed by atoms with Gasteiger partial charge in [0.1, 0.15) is 0 Å². The van der Waals surface area contributed by atoms with Crippen LogP contribution < -0.4 is 14.4 Å². The van der Waals surface area contributed by atoms with Gasteiger partial charge in [-0.15, -0.1) is 0 Å². The summed E-state index contributed by atoms with van der Waals surface area (Å²) in [7, 11) is 0. The van der Waals surface area contributed by atoms with Gasteiger partial charge in [-0.1, -0.05) is 188 Å². The molecule has 2 aliphatic carbocycles. The summed E-state index contributed by atoms with van der Waals surface area (Å²) in [6, 6.07) is 84.7. The second-order valence-electron chi connectivity index (χ2n) is 16.8. The minimum Gasteiger partial charge on any atom is -0.449 e.